The van der Waals surface area contributed by atoms with Gasteiger partial charge in [-0.05, 0) is 37.3 Å². The lowest BCUT2D eigenvalue weighted by molar-refractivity contribution is 0.0962. The highest BCUT2D eigenvalue weighted by atomic mass is 32.1. The van der Waals surface area contributed by atoms with Crippen LogP contribution in [0.3, 0.4) is 0 Å². The van der Waals surface area contributed by atoms with Gasteiger partial charge in [0.15, 0.2) is 5.78 Å². The van der Waals surface area contributed by atoms with E-state index in [2.05, 4.69) is 0 Å². The van der Waals surface area contributed by atoms with Gasteiger partial charge < -0.3 is 0 Å². The Labute approximate surface area is 159 Å². The van der Waals surface area contributed by atoms with Crippen LogP contribution in [0.4, 0.5) is 0 Å². The summed E-state index contributed by atoms with van der Waals surface area (Å²) < 4.78 is 1.78. The minimum Gasteiger partial charge on any atom is -0.289 e. The topological polar surface area (TPSA) is 56.1 Å². The van der Waals surface area contributed by atoms with E-state index in [1.807, 2.05) is 25.1 Å². The molecule has 27 heavy (non-hydrogen) atoms. The van der Waals surface area contributed by atoms with Crippen molar-refractivity contribution in [3.05, 3.63) is 105 Å². The number of nitrogens with zero attached hydrogens (tertiary/aromatic N) is 1. The van der Waals surface area contributed by atoms with Crippen molar-refractivity contribution < 1.29 is 9.59 Å². The van der Waals surface area contributed by atoms with Crippen molar-refractivity contribution in [2.24, 2.45) is 0 Å². The van der Waals surface area contributed by atoms with Gasteiger partial charge in [-0.2, -0.15) is 0 Å². The molecule has 5 heteroatoms. The molecule has 1 heterocycles. The Balaban J connectivity index is 1.77. The Morgan fingerprint density at radius 2 is 1.48 bits per heavy atom. The number of ketones is 1. The molecule has 0 atom stereocenters. The van der Waals surface area contributed by atoms with E-state index in [9.17, 15) is 14.4 Å². The van der Waals surface area contributed by atoms with Gasteiger partial charge in [0, 0.05) is 16.7 Å². The standard InChI is InChI=1S/C22H15NO3S/c1-14-7-9-16(10-8-14)21(25)23-18-12-11-17(13-19(18)27-22(23)26)20(24)15-5-3-2-4-6-15/h2-13H,1H3. The third-order valence-corrected chi connectivity index (χ3v) is 5.28. The smallest absolute Gasteiger partial charge is 0.289 e. The lowest BCUT2D eigenvalue weighted by Crippen LogP contribution is -2.22. The SMILES string of the molecule is Cc1ccc(C(=O)n2c(=O)sc3cc(C(=O)c4ccccc4)ccc32)cc1. The molecule has 0 saturated carbocycles. The molecule has 1 aromatic heterocycles. The van der Waals surface area contributed by atoms with Gasteiger partial charge in [-0.1, -0.05) is 59.4 Å². The monoisotopic (exact) mass is 373 g/mol. The number of fused-ring (bicyclic) bond motifs is 1. The highest BCUT2D eigenvalue weighted by Gasteiger charge is 2.18. The van der Waals surface area contributed by atoms with Crippen LogP contribution in [-0.4, -0.2) is 16.3 Å². The fourth-order valence-electron chi connectivity index (χ4n) is 2.93. The van der Waals surface area contributed by atoms with Crippen molar-refractivity contribution >= 4 is 33.2 Å². The number of aromatic nitrogens is 1. The summed E-state index contributed by atoms with van der Waals surface area (Å²) in [5.41, 5.74) is 3.08. The third-order valence-electron chi connectivity index (χ3n) is 4.38. The Hall–Kier alpha value is -3.31. The van der Waals surface area contributed by atoms with Crippen LogP contribution in [0.25, 0.3) is 10.2 Å². The molecule has 0 saturated heterocycles. The zero-order valence-corrected chi connectivity index (χ0v) is 15.3. The highest BCUT2D eigenvalue weighted by molar-refractivity contribution is 7.16. The summed E-state index contributed by atoms with van der Waals surface area (Å²) in [4.78, 5) is 37.5. The van der Waals surface area contributed by atoms with Gasteiger partial charge in [0.25, 0.3) is 5.91 Å². The molecule has 0 radical (unpaired) electrons. The van der Waals surface area contributed by atoms with Gasteiger partial charge in [-0.3, -0.25) is 14.4 Å². The Morgan fingerprint density at radius 1 is 0.815 bits per heavy atom. The fourth-order valence-corrected chi connectivity index (χ4v) is 3.84. The molecule has 132 valence electrons. The van der Waals surface area contributed by atoms with Gasteiger partial charge in [-0.15, -0.1) is 0 Å². The van der Waals surface area contributed by atoms with Crippen molar-refractivity contribution in [2.45, 2.75) is 6.92 Å². The van der Waals surface area contributed by atoms with Crippen molar-refractivity contribution in [3.63, 3.8) is 0 Å². The predicted octanol–water partition coefficient (Wildman–Crippen LogP) is 4.29. The van der Waals surface area contributed by atoms with E-state index in [1.165, 1.54) is 4.57 Å². The lowest BCUT2D eigenvalue weighted by atomic mass is 10.0. The van der Waals surface area contributed by atoms with Gasteiger partial charge >= 0.3 is 4.87 Å². The summed E-state index contributed by atoms with van der Waals surface area (Å²) in [5, 5.41) is 0. The molecule has 3 aromatic carbocycles. The van der Waals surface area contributed by atoms with Crippen LogP contribution in [0.15, 0.2) is 77.6 Å². The molecule has 0 spiro atoms. The first-order valence-electron chi connectivity index (χ1n) is 8.41. The first-order chi connectivity index (χ1) is 13.0. The number of thiazole rings is 1. The van der Waals surface area contributed by atoms with Crippen LogP contribution in [0, 0.1) is 6.92 Å². The summed E-state index contributed by atoms with van der Waals surface area (Å²) >= 11 is 0.966. The largest absolute Gasteiger partial charge is 0.315 e. The zero-order chi connectivity index (χ0) is 19.0. The van der Waals surface area contributed by atoms with E-state index in [1.54, 1.807) is 54.6 Å². The van der Waals surface area contributed by atoms with Crippen molar-refractivity contribution in [3.8, 4) is 0 Å². The Kier molecular flexibility index (Phi) is 4.30. The number of benzene rings is 3. The van der Waals surface area contributed by atoms with Gasteiger partial charge in [0.1, 0.15) is 0 Å². The Morgan fingerprint density at radius 3 is 2.19 bits per heavy atom. The molecule has 0 fully saturated rings. The maximum Gasteiger partial charge on any atom is 0.315 e. The predicted molar refractivity (Wildman–Crippen MR) is 107 cm³/mol. The molecular weight excluding hydrogens is 358 g/mol. The minimum atomic E-state index is -0.367. The number of rotatable bonds is 3. The second-order valence-corrected chi connectivity index (χ2v) is 7.25. The normalized spacial score (nSPS) is 10.9. The summed E-state index contributed by atoms with van der Waals surface area (Å²) in [7, 11) is 0. The van der Waals surface area contributed by atoms with Crippen molar-refractivity contribution in [1.29, 1.82) is 0 Å². The molecule has 0 aliphatic carbocycles. The molecule has 0 bridgehead atoms. The molecule has 4 rings (SSSR count). The average Bonchev–Trinajstić information content (AvgIpc) is 3.03. The molecule has 4 nitrogen and oxygen atoms in total. The van der Waals surface area contributed by atoms with Gasteiger partial charge in [0.2, 0.25) is 0 Å². The van der Waals surface area contributed by atoms with E-state index < -0.39 is 0 Å². The van der Waals surface area contributed by atoms with Gasteiger partial charge in [-0.25, -0.2) is 4.57 Å². The number of carbonyl (C=O) groups is 2. The lowest BCUT2D eigenvalue weighted by Gasteiger charge is -2.05. The molecule has 0 aliphatic heterocycles. The second kappa shape index (κ2) is 6.78. The number of aryl methyl sites for hydroxylation is 1. The maximum absolute atomic E-state index is 12.8. The van der Waals surface area contributed by atoms with E-state index in [4.69, 9.17) is 0 Å². The van der Waals surface area contributed by atoms with Gasteiger partial charge in [0.05, 0.1) is 10.2 Å². The van der Waals surface area contributed by atoms with Crippen molar-refractivity contribution in [2.75, 3.05) is 0 Å². The molecule has 0 amide bonds. The number of hydrogen-bond donors (Lipinski definition) is 0. The van der Waals surface area contributed by atoms with Crippen LogP contribution in [-0.2, 0) is 0 Å². The Bertz CT molecular complexity index is 1220. The van der Waals surface area contributed by atoms with E-state index >= 15 is 0 Å². The first-order valence-corrected chi connectivity index (χ1v) is 9.23. The summed E-state index contributed by atoms with van der Waals surface area (Å²) in [6, 6.07) is 21.1. The second-order valence-electron chi connectivity index (χ2n) is 6.25. The number of carbonyl (C=O) groups excluding carboxylic acids is 2. The van der Waals surface area contributed by atoms with Crippen molar-refractivity contribution in [1.82, 2.24) is 4.57 Å². The average molecular weight is 373 g/mol. The van der Waals surface area contributed by atoms with E-state index in [0.717, 1.165) is 16.9 Å². The van der Waals surface area contributed by atoms with E-state index in [-0.39, 0.29) is 16.6 Å². The van der Waals surface area contributed by atoms with Crippen LogP contribution in [0.2, 0.25) is 0 Å². The highest BCUT2D eigenvalue weighted by Crippen LogP contribution is 2.22. The van der Waals surface area contributed by atoms with E-state index in [0.29, 0.717) is 26.9 Å². The summed E-state index contributed by atoms with van der Waals surface area (Å²) in [6.07, 6.45) is 0. The minimum absolute atomic E-state index is 0.116. The molecule has 0 N–H and O–H groups in total. The molecule has 0 unspecified atom stereocenters. The van der Waals surface area contributed by atoms with Crippen LogP contribution >= 0.6 is 11.3 Å². The fraction of sp³-hybridized carbons (Fsp3) is 0.0455. The summed E-state index contributed by atoms with van der Waals surface area (Å²) in [6.45, 7) is 1.94. The zero-order valence-electron chi connectivity index (χ0n) is 14.5. The molecular formula is C22H15NO3S. The number of hydrogen-bond acceptors (Lipinski definition) is 4. The first kappa shape index (κ1) is 17.1. The summed E-state index contributed by atoms with van der Waals surface area (Å²) in [5.74, 6) is -0.483. The third kappa shape index (κ3) is 3.13. The quantitative estimate of drug-likeness (QED) is 0.503. The van der Waals surface area contributed by atoms with Crippen LogP contribution in [0.5, 0.6) is 0 Å². The maximum atomic E-state index is 12.8. The molecule has 0 aliphatic rings. The van der Waals surface area contributed by atoms with Crippen LogP contribution < -0.4 is 4.87 Å². The molecule has 4 aromatic rings. The van der Waals surface area contributed by atoms with Crippen LogP contribution in [0.1, 0.15) is 31.8 Å².